The van der Waals surface area contributed by atoms with Crippen molar-refractivity contribution in [2.75, 3.05) is 0 Å². The quantitative estimate of drug-likeness (QED) is 0.523. The highest BCUT2D eigenvalue weighted by atomic mass is 79.9. The highest BCUT2D eigenvalue weighted by molar-refractivity contribution is 9.10. The third-order valence-electron chi connectivity index (χ3n) is 2.95. The maximum absolute atomic E-state index is 4.74. The van der Waals surface area contributed by atoms with Gasteiger partial charge in [0.2, 0.25) is 0 Å². The zero-order valence-corrected chi connectivity index (χ0v) is 14.5. The van der Waals surface area contributed by atoms with Crippen LogP contribution in [0.5, 0.6) is 0 Å². The first-order chi connectivity index (χ1) is 9.72. The molecule has 3 aromatic rings. The van der Waals surface area contributed by atoms with Gasteiger partial charge in [-0.15, -0.1) is 11.3 Å². The Bertz CT molecular complexity index is 737. The highest BCUT2D eigenvalue weighted by Crippen LogP contribution is 2.29. The van der Waals surface area contributed by atoms with Gasteiger partial charge in [-0.25, -0.2) is 4.98 Å². The summed E-state index contributed by atoms with van der Waals surface area (Å²) < 4.78 is 2.19. The molecule has 0 aliphatic carbocycles. The van der Waals surface area contributed by atoms with Gasteiger partial charge < -0.3 is 0 Å². The van der Waals surface area contributed by atoms with Crippen LogP contribution < -0.4 is 0 Å². The summed E-state index contributed by atoms with van der Waals surface area (Å²) in [6.45, 7) is 0. The number of hydrogen-bond donors (Lipinski definition) is 0. The fourth-order valence-electron chi connectivity index (χ4n) is 2.01. The Balaban J connectivity index is 1.86. The normalized spacial score (nSPS) is 10.7. The van der Waals surface area contributed by atoms with Crippen molar-refractivity contribution in [3.05, 3.63) is 73.4 Å². The molecule has 1 nitrogen and oxygen atoms in total. The Labute approximate surface area is 139 Å². The maximum atomic E-state index is 4.74. The van der Waals surface area contributed by atoms with Crippen molar-refractivity contribution in [1.82, 2.24) is 4.98 Å². The molecule has 0 unspecified atom stereocenters. The van der Waals surface area contributed by atoms with E-state index in [-0.39, 0.29) is 0 Å². The van der Waals surface area contributed by atoms with E-state index in [0.29, 0.717) is 0 Å². The first-order valence-electron chi connectivity index (χ1n) is 6.16. The summed E-state index contributed by atoms with van der Waals surface area (Å²) in [5.74, 6) is 0. The van der Waals surface area contributed by atoms with E-state index in [4.69, 9.17) is 4.98 Å². The fraction of sp³-hybridized carbons (Fsp3) is 0.0625. The summed E-state index contributed by atoms with van der Waals surface area (Å²) in [4.78, 5) is 4.74. The number of thiazole rings is 1. The van der Waals surface area contributed by atoms with Crippen LogP contribution in [-0.4, -0.2) is 4.98 Å². The summed E-state index contributed by atoms with van der Waals surface area (Å²) >= 11 is 8.79. The first-order valence-corrected chi connectivity index (χ1v) is 8.63. The van der Waals surface area contributed by atoms with Gasteiger partial charge >= 0.3 is 0 Å². The van der Waals surface area contributed by atoms with Crippen molar-refractivity contribution < 1.29 is 0 Å². The number of aromatic nitrogens is 1. The highest BCUT2D eigenvalue weighted by Gasteiger charge is 2.08. The van der Waals surface area contributed by atoms with Gasteiger partial charge in [0.15, 0.2) is 0 Å². The molecular weight excluding hydrogens is 398 g/mol. The average molecular weight is 409 g/mol. The van der Waals surface area contributed by atoms with Crippen LogP contribution in [0.4, 0.5) is 0 Å². The molecule has 0 aliphatic rings. The number of nitrogens with zero attached hydrogens (tertiary/aromatic N) is 1. The third kappa shape index (κ3) is 3.19. The lowest BCUT2D eigenvalue weighted by Gasteiger charge is -2.00. The van der Waals surface area contributed by atoms with Crippen LogP contribution in [0.3, 0.4) is 0 Å². The van der Waals surface area contributed by atoms with E-state index >= 15 is 0 Å². The molecule has 0 saturated carbocycles. The Kier molecular flexibility index (Phi) is 4.34. The van der Waals surface area contributed by atoms with E-state index in [1.165, 1.54) is 5.56 Å². The van der Waals surface area contributed by atoms with Crippen molar-refractivity contribution in [2.45, 2.75) is 6.42 Å². The van der Waals surface area contributed by atoms with E-state index in [1.54, 1.807) is 11.3 Å². The van der Waals surface area contributed by atoms with E-state index in [1.807, 2.05) is 24.3 Å². The predicted octanol–water partition coefficient (Wildman–Crippen LogP) is 5.93. The molecule has 0 N–H and O–H groups in total. The van der Waals surface area contributed by atoms with Gasteiger partial charge in [-0.2, -0.15) is 0 Å². The number of benzene rings is 2. The molecule has 1 heterocycles. The summed E-state index contributed by atoms with van der Waals surface area (Å²) in [6, 6.07) is 16.5. The summed E-state index contributed by atoms with van der Waals surface area (Å²) in [5, 5.41) is 3.25. The molecule has 0 aliphatic heterocycles. The Hall–Kier alpha value is -0.970. The molecule has 1 aromatic heterocycles. The van der Waals surface area contributed by atoms with Gasteiger partial charge in [-0.05, 0) is 23.8 Å². The number of rotatable bonds is 3. The molecule has 0 saturated heterocycles. The molecule has 0 atom stereocenters. The Morgan fingerprint density at radius 3 is 2.65 bits per heavy atom. The van der Waals surface area contributed by atoms with E-state index in [0.717, 1.165) is 31.6 Å². The lowest BCUT2D eigenvalue weighted by Crippen LogP contribution is -1.87. The minimum atomic E-state index is 0.870. The van der Waals surface area contributed by atoms with E-state index in [9.17, 15) is 0 Å². The predicted molar refractivity (Wildman–Crippen MR) is 92.2 cm³/mol. The molecule has 0 bridgehead atoms. The smallest absolute Gasteiger partial charge is 0.0976 e. The van der Waals surface area contributed by atoms with E-state index in [2.05, 4.69) is 61.5 Å². The molecule has 0 fully saturated rings. The Morgan fingerprint density at radius 1 is 1.00 bits per heavy atom. The van der Waals surface area contributed by atoms with Crippen LogP contribution in [0.2, 0.25) is 0 Å². The zero-order valence-electron chi connectivity index (χ0n) is 10.5. The molecule has 0 radical (unpaired) electrons. The lowest BCUT2D eigenvalue weighted by molar-refractivity contribution is 1.14. The second-order valence-corrected chi connectivity index (χ2v) is 7.13. The minimum absolute atomic E-state index is 0.870. The largest absolute Gasteiger partial charge is 0.241 e. The van der Waals surface area contributed by atoms with Crippen LogP contribution in [0.1, 0.15) is 10.6 Å². The number of hydrogen-bond acceptors (Lipinski definition) is 2. The molecule has 0 spiro atoms. The molecule has 2 aromatic carbocycles. The van der Waals surface area contributed by atoms with Gasteiger partial charge in [0.25, 0.3) is 0 Å². The van der Waals surface area contributed by atoms with Gasteiger partial charge in [0, 0.05) is 26.3 Å². The summed E-state index contributed by atoms with van der Waals surface area (Å²) in [6.07, 6.45) is 0.870. The van der Waals surface area contributed by atoms with Crippen molar-refractivity contribution in [2.24, 2.45) is 0 Å². The van der Waals surface area contributed by atoms with Gasteiger partial charge in [-0.1, -0.05) is 62.2 Å². The van der Waals surface area contributed by atoms with Crippen molar-refractivity contribution in [1.29, 1.82) is 0 Å². The average Bonchev–Trinajstić information content (AvgIpc) is 2.87. The number of halogens is 2. The maximum Gasteiger partial charge on any atom is 0.0976 e. The van der Waals surface area contributed by atoms with E-state index < -0.39 is 0 Å². The molecular formula is C16H11Br2NS. The second kappa shape index (κ2) is 6.20. The fourth-order valence-corrected chi connectivity index (χ4v) is 3.77. The van der Waals surface area contributed by atoms with Crippen LogP contribution in [0.15, 0.2) is 62.9 Å². The minimum Gasteiger partial charge on any atom is -0.241 e. The second-order valence-electron chi connectivity index (χ2n) is 4.41. The summed E-state index contributed by atoms with van der Waals surface area (Å²) in [7, 11) is 0. The molecule has 4 heteroatoms. The Morgan fingerprint density at radius 2 is 1.85 bits per heavy atom. The van der Waals surface area contributed by atoms with Crippen LogP contribution in [0, 0.1) is 0 Å². The van der Waals surface area contributed by atoms with Crippen LogP contribution in [-0.2, 0) is 6.42 Å². The standard InChI is InChI=1S/C16H11Br2NS/c17-12-5-3-4-11(8-12)9-16-19-15(10-20-16)13-6-1-2-7-14(13)18/h1-8,10H,9H2. The molecule has 20 heavy (non-hydrogen) atoms. The van der Waals surface area contributed by atoms with Crippen molar-refractivity contribution in [3.63, 3.8) is 0 Å². The lowest BCUT2D eigenvalue weighted by atomic mass is 10.1. The van der Waals surface area contributed by atoms with Crippen LogP contribution >= 0.6 is 43.2 Å². The van der Waals surface area contributed by atoms with Crippen LogP contribution in [0.25, 0.3) is 11.3 Å². The first kappa shape index (κ1) is 14.0. The van der Waals surface area contributed by atoms with Gasteiger partial charge in [0.1, 0.15) is 0 Å². The molecule has 100 valence electrons. The van der Waals surface area contributed by atoms with Crippen molar-refractivity contribution in [3.8, 4) is 11.3 Å². The van der Waals surface area contributed by atoms with Gasteiger partial charge in [0.05, 0.1) is 10.7 Å². The third-order valence-corrected chi connectivity index (χ3v) is 4.98. The molecule has 3 rings (SSSR count). The topological polar surface area (TPSA) is 12.9 Å². The molecule has 0 amide bonds. The summed E-state index contributed by atoms with van der Waals surface area (Å²) in [5.41, 5.74) is 3.45. The van der Waals surface area contributed by atoms with Gasteiger partial charge in [-0.3, -0.25) is 0 Å². The SMILES string of the molecule is Brc1cccc(Cc2nc(-c3ccccc3Br)cs2)c1. The monoisotopic (exact) mass is 407 g/mol. The van der Waals surface area contributed by atoms with Crippen molar-refractivity contribution >= 4 is 43.2 Å². The zero-order chi connectivity index (χ0) is 13.9.